The summed E-state index contributed by atoms with van der Waals surface area (Å²) in [6.07, 6.45) is 1.39. The van der Waals surface area contributed by atoms with Crippen molar-refractivity contribution >= 4 is 11.8 Å². The summed E-state index contributed by atoms with van der Waals surface area (Å²) in [5, 5.41) is 9.33. The fourth-order valence-corrected chi connectivity index (χ4v) is 3.97. The average molecular weight is 346 g/mol. The zero-order valence-electron chi connectivity index (χ0n) is 14.2. The lowest BCUT2D eigenvalue weighted by molar-refractivity contribution is -0.135. The van der Waals surface area contributed by atoms with Gasteiger partial charge in [0.1, 0.15) is 0 Å². The van der Waals surface area contributed by atoms with Crippen LogP contribution in [0.15, 0.2) is 10.9 Å². The fourth-order valence-electron chi connectivity index (χ4n) is 3.97. The lowest BCUT2D eigenvalue weighted by Gasteiger charge is -2.32. The molecule has 3 heterocycles. The first-order valence-electron chi connectivity index (χ1n) is 8.78. The number of aromatic amines is 1. The van der Waals surface area contributed by atoms with E-state index in [1.807, 2.05) is 4.90 Å². The number of rotatable bonds is 3. The van der Waals surface area contributed by atoms with Crippen molar-refractivity contribution in [2.24, 2.45) is 17.8 Å². The van der Waals surface area contributed by atoms with E-state index < -0.39 is 5.91 Å². The second kappa shape index (κ2) is 6.25. The minimum atomic E-state index is -0.458. The minimum Gasteiger partial charge on any atom is -0.381 e. The van der Waals surface area contributed by atoms with Gasteiger partial charge in [-0.15, -0.1) is 0 Å². The molecular weight excluding hydrogens is 324 g/mol. The molecule has 3 fully saturated rings. The smallest absolute Gasteiger partial charge is 0.276 e. The maximum absolute atomic E-state index is 12.5. The number of nitrogens with zero attached hydrogens (tertiary/aromatic N) is 2. The summed E-state index contributed by atoms with van der Waals surface area (Å²) in [5.41, 5.74) is 0.113. The minimum absolute atomic E-state index is 0.0407. The highest BCUT2D eigenvalue weighted by Crippen LogP contribution is 2.51. The Kier molecular flexibility index (Phi) is 4.07. The van der Waals surface area contributed by atoms with Crippen LogP contribution < -0.4 is 10.7 Å². The van der Waals surface area contributed by atoms with Crippen LogP contribution in [-0.4, -0.2) is 59.3 Å². The zero-order chi connectivity index (χ0) is 17.6. The third-order valence-electron chi connectivity index (χ3n) is 5.52. The summed E-state index contributed by atoms with van der Waals surface area (Å²) in [5.74, 6) is 0.767. The molecule has 134 valence electrons. The van der Waals surface area contributed by atoms with Crippen molar-refractivity contribution in [3.05, 3.63) is 27.7 Å². The van der Waals surface area contributed by atoms with E-state index >= 15 is 0 Å². The van der Waals surface area contributed by atoms with Crippen LogP contribution in [0.2, 0.25) is 0 Å². The standard InChI is InChI=1S/C17H22N4O4/c1-9-6-13(22)15(20-19-9)16(23)18-10-2-4-21(5-3-10)17(24)14-11-7-25-8-12(11)14/h6,10-12,14H,2-5,7-8H2,1H3,(H,18,23)(H,19,22)/t11-,12+,14?. The molecule has 8 heteroatoms. The third kappa shape index (κ3) is 3.06. The van der Waals surface area contributed by atoms with Gasteiger partial charge < -0.3 is 15.0 Å². The summed E-state index contributed by atoms with van der Waals surface area (Å²) in [6.45, 7) is 4.41. The molecule has 25 heavy (non-hydrogen) atoms. The van der Waals surface area contributed by atoms with Gasteiger partial charge in [0, 0.05) is 36.8 Å². The number of likely N-dealkylation sites (tertiary alicyclic amines) is 1. The monoisotopic (exact) mass is 346 g/mol. The van der Waals surface area contributed by atoms with Crippen molar-refractivity contribution in [1.82, 2.24) is 20.4 Å². The van der Waals surface area contributed by atoms with Crippen molar-refractivity contribution in [3.8, 4) is 0 Å². The van der Waals surface area contributed by atoms with Crippen LogP contribution in [0.3, 0.4) is 0 Å². The number of nitrogens with one attached hydrogen (secondary N) is 2. The third-order valence-corrected chi connectivity index (χ3v) is 5.52. The van der Waals surface area contributed by atoms with Gasteiger partial charge in [0.25, 0.3) is 5.91 Å². The zero-order valence-corrected chi connectivity index (χ0v) is 14.2. The van der Waals surface area contributed by atoms with E-state index in [4.69, 9.17) is 4.74 Å². The van der Waals surface area contributed by atoms with E-state index in [0.717, 1.165) is 0 Å². The summed E-state index contributed by atoms with van der Waals surface area (Å²) in [4.78, 5) is 38.5. The van der Waals surface area contributed by atoms with Gasteiger partial charge in [0.05, 0.1) is 13.2 Å². The van der Waals surface area contributed by atoms with Crippen LogP contribution in [0.5, 0.6) is 0 Å². The number of fused-ring (bicyclic) bond motifs is 1. The number of ether oxygens (including phenoxy) is 1. The second-order valence-corrected chi connectivity index (χ2v) is 7.23. The molecule has 1 aromatic rings. The molecule has 0 aromatic carbocycles. The lowest BCUT2D eigenvalue weighted by atomic mass is 10.0. The maximum atomic E-state index is 12.5. The average Bonchev–Trinajstić information content (AvgIpc) is 3.06. The molecule has 0 bridgehead atoms. The first kappa shape index (κ1) is 16.3. The van der Waals surface area contributed by atoms with Gasteiger partial charge in [-0.3, -0.25) is 19.5 Å². The Balaban J connectivity index is 1.29. The summed E-state index contributed by atoms with van der Waals surface area (Å²) >= 11 is 0. The van der Waals surface area contributed by atoms with E-state index in [1.54, 1.807) is 6.92 Å². The second-order valence-electron chi connectivity index (χ2n) is 7.23. The molecule has 4 rings (SSSR count). The summed E-state index contributed by atoms with van der Waals surface area (Å²) in [6, 6.07) is 1.32. The van der Waals surface area contributed by atoms with Crippen molar-refractivity contribution in [2.45, 2.75) is 25.8 Å². The van der Waals surface area contributed by atoms with Crippen LogP contribution in [0, 0.1) is 24.7 Å². The topological polar surface area (TPSA) is 104 Å². The summed E-state index contributed by atoms with van der Waals surface area (Å²) in [7, 11) is 0. The number of hydrogen-bond acceptors (Lipinski definition) is 5. The Morgan fingerprint density at radius 2 is 1.96 bits per heavy atom. The van der Waals surface area contributed by atoms with E-state index in [1.165, 1.54) is 6.07 Å². The molecule has 1 aromatic heterocycles. The van der Waals surface area contributed by atoms with Gasteiger partial charge >= 0.3 is 0 Å². The van der Waals surface area contributed by atoms with Crippen LogP contribution in [-0.2, 0) is 9.53 Å². The predicted molar refractivity (Wildman–Crippen MR) is 88.0 cm³/mol. The van der Waals surface area contributed by atoms with E-state index in [0.29, 0.717) is 56.7 Å². The lowest BCUT2D eigenvalue weighted by Crippen LogP contribution is -2.48. The molecule has 3 aliphatic rings. The Bertz CT molecular complexity index is 743. The Labute approximate surface area is 144 Å². The first-order valence-corrected chi connectivity index (χ1v) is 8.78. The maximum Gasteiger partial charge on any atom is 0.276 e. The Hall–Kier alpha value is -2.22. The van der Waals surface area contributed by atoms with Crippen LogP contribution in [0.25, 0.3) is 0 Å². The molecule has 2 saturated heterocycles. The van der Waals surface area contributed by atoms with Gasteiger partial charge in [-0.1, -0.05) is 0 Å². The van der Waals surface area contributed by atoms with Gasteiger partial charge in [0.2, 0.25) is 11.3 Å². The number of hydrogen-bond donors (Lipinski definition) is 2. The molecule has 1 saturated carbocycles. The highest BCUT2D eigenvalue weighted by atomic mass is 16.5. The number of carbonyl (C=O) groups excluding carboxylic acids is 2. The fraction of sp³-hybridized carbons (Fsp3) is 0.647. The number of amides is 2. The van der Waals surface area contributed by atoms with Gasteiger partial charge in [-0.05, 0) is 31.6 Å². The van der Waals surface area contributed by atoms with Crippen LogP contribution in [0.1, 0.15) is 29.0 Å². The normalized spacial score (nSPS) is 28.5. The van der Waals surface area contributed by atoms with Gasteiger partial charge in [-0.25, -0.2) is 0 Å². The van der Waals surface area contributed by atoms with Crippen LogP contribution >= 0.6 is 0 Å². The Morgan fingerprint density at radius 1 is 1.28 bits per heavy atom. The quantitative estimate of drug-likeness (QED) is 0.781. The number of H-pyrrole nitrogens is 1. The molecule has 3 atom stereocenters. The molecule has 2 aliphatic heterocycles. The number of carbonyl (C=O) groups is 2. The highest BCUT2D eigenvalue weighted by molar-refractivity contribution is 5.92. The molecule has 1 aliphatic carbocycles. The molecule has 1 unspecified atom stereocenters. The highest BCUT2D eigenvalue weighted by Gasteiger charge is 2.58. The summed E-state index contributed by atoms with van der Waals surface area (Å²) < 4.78 is 5.34. The van der Waals surface area contributed by atoms with E-state index in [-0.39, 0.29) is 29.0 Å². The first-order chi connectivity index (χ1) is 12.0. The number of aryl methyl sites for hydroxylation is 1. The Morgan fingerprint density at radius 3 is 2.60 bits per heavy atom. The molecule has 0 radical (unpaired) electrons. The molecule has 8 nitrogen and oxygen atoms in total. The largest absolute Gasteiger partial charge is 0.381 e. The van der Waals surface area contributed by atoms with Crippen molar-refractivity contribution in [3.63, 3.8) is 0 Å². The number of aromatic nitrogens is 2. The molecule has 0 spiro atoms. The van der Waals surface area contributed by atoms with E-state index in [9.17, 15) is 14.4 Å². The predicted octanol–water partition coefficient (Wildman–Crippen LogP) is -0.308. The molecule has 2 N–H and O–H groups in total. The van der Waals surface area contributed by atoms with Gasteiger partial charge in [-0.2, -0.15) is 5.10 Å². The molecule has 2 amide bonds. The van der Waals surface area contributed by atoms with Crippen LogP contribution in [0.4, 0.5) is 0 Å². The van der Waals surface area contributed by atoms with Crippen molar-refractivity contribution < 1.29 is 14.3 Å². The van der Waals surface area contributed by atoms with Crippen molar-refractivity contribution in [1.29, 1.82) is 0 Å². The molecular formula is C17H22N4O4. The van der Waals surface area contributed by atoms with Gasteiger partial charge in [0.15, 0.2) is 5.69 Å². The SMILES string of the molecule is Cc1cc(=O)c(C(=O)NC2CCN(C(=O)C3[C@H]4COC[C@@H]34)CC2)n[nH]1. The van der Waals surface area contributed by atoms with Crippen molar-refractivity contribution in [2.75, 3.05) is 26.3 Å². The van der Waals surface area contributed by atoms with E-state index in [2.05, 4.69) is 15.5 Å². The number of piperidine rings is 1.